The Balaban J connectivity index is 1.95. The van der Waals surface area contributed by atoms with E-state index in [9.17, 15) is 0 Å². The summed E-state index contributed by atoms with van der Waals surface area (Å²) >= 11 is 1.80. The Morgan fingerprint density at radius 2 is 2.32 bits per heavy atom. The van der Waals surface area contributed by atoms with Gasteiger partial charge in [0.1, 0.15) is 0 Å². The molecular formula is C16H28N2S. The molecule has 0 saturated heterocycles. The molecule has 1 aliphatic carbocycles. The molecule has 1 aliphatic rings. The van der Waals surface area contributed by atoms with Crippen molar-refractivity contribution in [2.24, 2.45) is 11.8 Å². The Kier molecular flexibility index (Phi) is 6.32. The maximum Gasteiger partial charge on any atom is 0.0940 e. The fraction of sp³-hybridized carbons (Fsp3) is 0.812. The highest BCUT2D eigenvalue weighted by atomic mass is 32.1. The van der Waals surface area contributed by atoms with Crippen molar-refractivity contribution in [3.63, 3.8) is 0 Å². The highest BCUT2D eigenvalue weighted by molar-refractivity contribution is 7.09. The van der Waals surface area contributed by atoms with Gasteiger partial charge >= 0.3 is 0 Å². The molecule has 2 nitrogen and oxygen atoms in total. The zero-order valence-corrected chi connectivity index (χ0v) is 13.2. The predicted molar refractivity (Wildman–Crippen MR) is 83.6 cm³/mol. The van der Waals surface area contributed by atoms with E-state index in [-0.39, 0.29) is 0 Å². The molecule has 1 heterocycles. The van der Waals surface area contributed by atoms with Gasteiger partial charge in [0, 0.05) is 24.0 Å². The summed E-state index contributed by atoms with van der Waals surface area (Å²) in [6.07, 6.45) is 11.3. The second-order valence-corrected chi connectivity index (χ2v) is 6.87. The molecule has 1 saturated carbocycles. The predicted octanol–water partition coefficient (Wildman–Crippen LogP) is 4.27. The van der Waals surface area contributed by atoms with E-state index in [1.807, 2.05) is 6.20 Å². The molecule has 3 atom stereocenters. The monoisotopic (exact) mass is 280 g/mol. The number of nitrogens with one attached hydrogen (secondary N) is 1. The minimum Gasteiger partial charge on any atom is -0.313 e. The van der Waals surface area contributed by atoms with Gasteiger partial charge in [0.15, 0.2) is 0 Å². The van der Waals surface area contributed by atoms with Gasteiger partial charge in [-0.15, -0.1) is 11.3 Å². The standard InChI is InChI=1S/C16H28N2S/c1-3-8-17-15(12-16-18-9-10-19-16)14-7-5-6-13(4-2)11-14/h9-10,13-15,17H,3-8,11-12H2,1-2H3. The molecular weight excluding hydrogens is 252 g/mol. The number of nitrogens with zero attached hydrogens (tertiary/aromatic N) is 1. The van der Waals surface area contributed by atoms with Crippen molar-refractivity contribution in [3.05, 3.63) is 16.6 Å². The van der Waals surface area contributed by atoms with Crippen LogP contribution in [0.4, 0.5) is 0 Å². The van der Waals surface area contributed by atoms with Gasteiger partial charge in [0.05, 0.1) is 5.01 Å². The van der Waals surface area contributed by atoms with Crippen molar-refractivity contribution in [2.75, 3.05) is 6.54 Å². The molecule has 0 aromatic carbocycles. The molecule has 3 unspecified atom stereocenters. The lowest BCUT2D eigenvalue weighted by Gasteiger charge is -2.34. The summed E-state index contributed by atoms with van der Waals surface area (Å²) in [7, 11) is 0. The summed E-state index contributed by atoms with van der Waals surface area (Å²) < 4.78 is 0. The van der Waals surface area contributed by atoms with Crippen LogP contribution in [-0.4, -0.2) is 17.6 Å². The quantitative estimate of drug-likeness (QED) is 0.807. The first kappa shape index (κ1) is 15.0. The average Bonchev–Trinajstić information content (AvgIpc) is 2.96. The Morgan fingerprint density at radius 3 is 3.00 bits per heavy atom. The highest BCUT2D eigenvalue weighted by Gasteiger charge is 2.27. The van der Waals surface area contributed by atoms with Crippen LogP contribution in [0.15, 0.2) is 11.6 Å². The molecule has 108 valence electrons. The first-order valence-corrected chi connectivity index (χ1v) is 8.83. The first-order valence-electron chi connectivity index (χ1n) is 7.95. The second-order valence-electron chi connectivity index (χ2n) is 5.89. The van der Waals surface area contributed by atoms with E-state index in [1.54, 1.807) is 11.3 Å². The fourth-order valence-electron chi connectivity index (χ4n) is 3.35. The van der Waals surface area contributed by atoms with E-state index in [4.69, 9.17) is 0 Å². The summed E-state index contributed by atoms with van der Waals surface area (Å²) in [4.78, 5) is 4.48. The van der Waals surface area contributed by atoms with Crippen molar-refractivity contribution in [2.45, 2.75) is 64.8 Å². The molecule has 0 aliphatic heterocycles. The van der Waals surface area contributed by atoms with Crippen molar-refractivity contribution < 1.29 is 0 Å². The van der Waals surface area contributed by atoms with Gasteiger partial charge in [0.2, 0.25) is 0 Å². The minimum absolute atomic E-state index is 0.639. The minimum atomic E-state index is 0.639. The Hall–Kier alpha value is -0.410. The second kappa shape index (κ2) is 8.01. The SMILES string of the molecule is CCCNC(Cc1nccs1)C1CCCC(CC)C1. The lowest BCUT2D eigenvalue weighted by Crippen LogP contribution is -2.40. The van der Waals surface area contributed by atoms with E-state index in [0.29, 0.717) is 6.04 Å². The molecule has 0 amide bonds. The summed E-state index contributed by atoms with van der Waals surface area (Å²) in [5.41, 5.74) is 0. The maximum absolute atomic E-state index is 4.48. The molecule has 1 N–H and O–H groups in total. The van der Waals surface area contributed by atoms with Crippen LogP contribution >= 0.6 is 11.3 Å². The van der Waals surface area contributed by atoms with Crippen LogP contribution in [0.3, 0.4) is 0 Å². The summed E-state index contributed by atoms with van der Waals surface area (Å²) in [6.45, 7) is 5.74. The van der Waals surface area contributed by atoms with Crippen LogP contribution in [0.2, 0.25) is 0 Å². The molecule has 2 rings (SSSR count). The van der Waals surface area contributed by atoms with Gasteiger partial charge in [-0.2, -0.15) is 0 Å². The number of rotatable bonds is 7. The van der Waals surface area contributed by atoms with Gasteiger partial charge < -0.3 is 5.32 Å². The van der Waals surface area contributed by atoms with E-state index in [2.05, 4.69) is 29.5 Å². The Morgan fingerprint density at radius 1 is 1.42 bits per heavy atom. The molecule has 1 aromatic rings. The fourth-order valence-corrected chi connectivity index (χ4v) is 4.02. The van der Waals surface area contributed by atoms with Crippen LogP contribution < -0.4 is 5.32 Å². The van der Waals surface area contributed by atoms with Gasteiger partial charge in [-0.25, -0.2) is 4.98 Å². The molecule has 3 heteroatoms. The van der Waals surface area contributed by atoms with Crippen LogP contribution in [0, 0.1) is 11.8 Å². The Labute approximate surface area is 122 Å². The number of hydrogen-bond acceptors (Lipinski definition) is 3. The smallest absolute Gasteiger partial charge is 0.0940 e. The molecule has 0 spiro atoms. The average molecular weight is 280 g/mol. The number of thiazole rings is 1. The molecule has 1 aromatic heterocycles. The lowest BCUT2D eigenvalue weighted by molar-refractivity contribution is 0.207. The van der Waals surface area contributed by atoms with Crippen LogP contribution in [0.5, 0.6) is 0 Å². The summed E-state index contributed by atoms with van der Waals surface area (Å²) in [6, 6.07) is 0.639. The van der Waals surface area contributed by atoms with Gasteiger partial charge in [-0.3, -0.25) is 0 Å². The van der Waals surface area contributed by atoms with E-state index in [1.165, 1.54) is 43.5 Å². The van der Waals surface area contributed by atoms with Crippen molar-refractivity contribution in [3.8, 4) is 0 Å². The van der Waals surface area contributed by atoms with E-state index in [0.717, 1.165) is 24.8 Å². The summed E-state index contributed by atoms with van der Waals surface area (Å²) in [5, 5.41) is 7.19. The third kappa shape index (κ3) is 4.57. The van der Waals surface area contributed by atoms with Gasteiger partial charge in [-0.05, 0) is 37.6 Å². The maximum atomic E-state index is 4.48. The Bertz CT molecular complexity index is 337. The van der Waals surface area contributed by atoms with Crippen molar-refractivity contribution in [1.29, 1.82) is 0 Å². The largest absolute Gasteiger partial charge is 0.313 e. The molecule has 19 heavy (non-hydrogen) atoms. The zero-order chi connectivity index (χ0) is 13.5. The number of aromatic nitrogens is 1. The normalized spacial score (nSPS) is 25.4. The lowest BCUT2D eigenvalue weighted by atomic mass is 9.76. The number of hydrogen-bond donors (Lipinski definition) is 1. The topological polar surface area (TPSA) is 24.9 Å². The zero-order valence-electron chi connectivity index (χ0n) is 12.4. The molecule has 1 fully saturated rings. The first-order chi connectivity index (χ1) is 9.33. The molecule has 0 bridgehead atoms. The van der Waals surface area contributed by atoms with Crippen LogP contribution in [-0.2, 0) is 6.42 Å². The molecule has 0 radical (unpaired) electrons. The van der Waals surface area contributed by atoms with E-state index < -0.39 is 0 Å². The van der Waals surface area contributed by atoms with Crippen molar-refractivity contribution >= 4 is 11.3 Å². The van der Waals surface area contributed by atoms with Crippen LogP contribution in [0.25, 0.3) is 0 Å². The van der Waals surface area contributed by atoms with Crippen LogP contribution in [0.1, 0.15) is 57.4 Å². The summed E-state index contributed by atoms with van der Waals surface area (Å²) in [5.74, 6) is 1.81. The third-order valence-corrected chi connectivity index (χ3v) is 5.31. The highest BCUT2D eigenvalue weighted by Crippen LogP contribution is 2.34. The van der Waals surface area contributed by atoms with E-state index >= 15 is 0 Å². The third-order valence-electron chi connectivity index (χ3n) is 4.50. The van der Waals surface area contributed by atoms with Gasteiger partial charge in [-0.1, -0.05) is 33.1 Å². The van der Waals surface area contributed by atoms with Gasteiger partial charge in [0.25, 0.3) is 0 Å². The van der Waals surface area contributed by atoms with Crippen molar-refractivity contribution in [1.82, 2.24) is 10.3 Å².